The Balaban J connectivity index is 2.39. The number of thioether (sulfide) groups is 1. The monoisotopic (exact) mass is 195 g/mol. The van der Waals surface area contributed by atoms with Crippen molar-refractivity contribution in [1.82, 2.24) is 0 Å². The van der Waals surface area contributed by atoms with Crippen molar-refractivity contribution < 1.29 is 4.79 Å². The molecule has 70 valence electrons. The highest BCUT2D eigenvalue weighted by Gasteiger charge is 2.07. The lowest BCUT2D eigenvalue weighted by Gasteiger charge is -2.06. The average Bonchev–Trinajstić information content (AvgIpc) is 2.15. The normalized spacial score (nSPS) is 12.5. The van der Waals surface area contributed by atoms with Gasteiger partial charge in [-0.2, -0.15) is 0 Å². The van der Waals surface area contributed by atoms with Gasteiger partial charge in [-0.1, -0.05) is 18.2 Å². The van der Waals surface area contributed by atoms with E-state index in [1.165, 1.54) is 6.92 Å². The number of benzene rings is 1. The van der Waals surface area contributed by atoms with Crippen molar-refractivity contribution in [2.75, 3.05) is 5.75 Å². The van der Waals surface area contributed by atoms with Gasteiger partial charge in [0.2, 0.25) is 0 Å². The molecule has 13 heavy (non-hydrogen) atoms. The predicted octanol–water partition coefficient (Wildman–Crippen LogP) is 1.70. The molecule has 0 amide bonds. The Morgan fingerprint density at radius 2 is 2.08 bits per heavy atom. The molecule has 1 atom stereocenters. The predicted molar refractivity (Wildman–Crippen MR) is 55.8 cm³/mol. The summed E-state index contributed by atoms with van der Waals surface area (Å²) in [5.74, 6) is 0.697. The average molecular weight is 195 g/mol. The van der Waals surface area contributed by atoms with Crippen molar-refractivity contribution in [2.24, 2.45) is 5.73 Å². The molecule has 1 aromatic rings. The van der Waals surface area contributed by atoms with Gasteiger partial charge >= 0.3 is 0 Å². The number of carbonyl (C=O) groups is 1. The zero-order valence-corrected chi connectivity index (χ0v) is 8.38. The van der Waals surface area contributed by atoms with E-state index in [1.807, 2.05) is 30.3 Å². The molecule has 3 heteroatoms. The van der Waals surface area contributed by atoms with Crippen molar-refractivity contribution in [1.29, 1.82) is 0 Å². The third-order valence-corrected chi connectivity index (χ3v) is 2.83. The molecule has 0 radical (unpaired) electrons. The lowest BCUT2D eigenvalue weighted by molar-refractivity contribution is -0.117. The first-order valence-corrected chi connectivity index (χ1v) is 5.12. The maximum Gasteiger partial charge on any atom is 0.147 e. The molecule has 0 spiro atoms. The standard InChI is InChI=1S/C10H13NOS/c1-8(12)10(11)7-13-9-5-3-2-4-6-9/h2-6,10H,7,11H2,1H3. The van der Waals surface area contributed by atoms with E-state index in [0.29, 0.717) is 5.75 Å². The number of nitrogens with two attached hydrogens (primary N) is 1. The van der Waals surface area contributed by atoms with E-state index in [2.05, 4.69) is 0 Å². The third kappa shape index (κ3) is 3.61. The second-order valence-electron chi connectivity index (χ2n) is 2.84. The number of hydrogen-bond donors (Lipinski definition) is 1. The molecule has 0 aliphatic carbocycles. The maximum atomic E-state index is 10.8. The Bertz CT molecular complexity index is 274. The van der Waals surface area contributed by atoms with Crippen LogP contribution in [-0.2, 0) is 4.79 Å². The minimum Gasteiger partial charge on any atom is -0.321 e. The first-order chi connectivity index (χ1) is 6.20. The summed E-state index contributed by atoms with van der Waals surface area (Å²) < 4.78 is 0. The molecule has 2 nitrogen and oxygen atoms in total. The second kappa shape index (κ2) is 5.04. The highest BCUT2D eigenvalue weighted by atomic mass is 32.2. The summed E-state index contributed by atoms with van der Waals surface area (Å²) in [6.07, 6.45) is 0. The summed E-state index contributed by atoms with van der Waals surface area (Å²) in [4.78, 5) is 12.0. The van der Waals surface area contributed by atoms with Crippen LogP contribution in [0.15, 0.2) is 35.2 Å². The van der Waals surface area contributed by atoms with Crippen molar-refractivity contribution >= 4 is 17.5 Å². The summed E-state index contributed by atoms with van der Waals surface area (Å²) in [5, 5.41) is 0. The zero-order chi connectivity index (χ0) is 9.68. The summed E-state index contributed by atoms with van der Waals surface area (Å²) in [6, 6.07) is 9.60. The number of rotatable bonds is 4. The number of Topliss-reactive ketones (excluding diaryl/α,β-unsaturated/α-hetero) is 1. The fourth-order valence-corrected chi connectivity index (χ4v) is 1.78. The summed E-state index contributed by atoms with van der Waals surface area (Å²) in [5.41, 5.74) is 5.59. The lowest BCUT2D eigenvalue weighted by atomic mass is 10.3. The summed E-state index contributed by atoms with van der Waals surface area (Å²) >= 11 is 1.61. The van der Waals surface area contributed by atoms with Gasteiger partial charge in [0.25, 0.3) is 0 Å². The fourth-order valence-electron chi connectivity index (χ4n) is 0.820. The Labute approximate surface area is 82.5 Å². The Hall–Kier alpha value is -0.800. The minimum atomic E-state index is -0.342. The smallest absolute Gasteiger partial charge is 0.147 e. The Morgan fingerprint density at radius 3 is 2.62 bits per heavy atom. The van der Waals surface area contributed by atoms with Crippen LogP contribution in [0.2, 0.25) is 0 Å². The van der Waals surface area contributed by atoms with Crippen molar-refractivity contribution in [2.45, 2.75) is 17.9 Å². The fraction of sp³-hybridized carbons (Fsp3) is 0.300. The zero-order valence-electron chi connectivity index (χ0n) is 7.57. The molecule has 1 aromatic carbocycles. The van der Waals surface area contributed by atoms with E-state index in [4.69, 9.17) is 5.73 Å². The third-order valence-electron chi connectivity index (χ3n) is 1.69. The minimum absolute atomic E-state index is 0.0448. The number of carbonyl (C=O) groups excluding carboxylic acids is 1. The van der Waals surface area contributed by atoms with Gasteiger partial charge in [-0.25, -0.2) is 0 Å². The molecule has 0 aliphatic rings. The van der Waals surface area contributed by atoms with Gasteiger partial charge in [-0.05, 0) is 19.1 Å². The van der Waals surface area contributed by atoms with Crippen LogP contribution in [0, 0.1) is 0 Å². The van der Waals surface area contributed by atoms with E-state index in [0.717, 1.165) is 4.90 Å². The van der Waals surface area contributed by atoms with Crippen LogP contribution in [0.3, 0.4) is 0 Å². The van der Waals surface area contributed by atoms with Crippen LogP contribution in [0.1, 0.15) is 6.92 Å². The van der Waals surface area contributed by atoms with Crippen molar-refractivity contribution in [3.8, 4) is 0 Å². The first kappa shape index (κ1) is 10.3. The van der Waals surface area contributed by atoms with Crippen LogP contribution >= 0.6 is 11.8 Å². The van der Waals surface area contributed by atoms with Gasteiger partial charge in [0, 0.05) is 10.6 Å². The van der Waals surface area contributed by atoms with Gasteiger partial charge in [0.05, 0.1) is 6.04 Å². The second-order valence-corrected chi connectivity index (χ2v) is 3.93. The quantitative estimate of drug-likeness (QED) is 0.743. The van der Waals surface area contributed by atoms with Gasteiger partial charge in [0.1, 0.15) is 5.78 Å². The molecule has 0 fully saturated rings. The van der Waals surface area contributed by atoms with Gasteiger partial charge in [-0.3, -0.25) is 4.79 Å². The molecule has 2 N–H and O–H groups in total. The van der Waals surface area contributed by atoms with Gasteiger partial charge < -0.3 is 5.73 Å². The molecular weight excluding hydrogens is 182 g/mol. The van der Waals surface area contributed by atoms with E-state index in [9.17, 15) is 4.79 Å². The highest BCUT2D eigenvalue weighted by molar-refractivity contribution is 7.99. The van der Waals surface area contributed by atoms with E-state index in [-0.39, 0.29) is 11.8 Å². The molecule has 0 saturated carbocycles. The van der Waals surface area contributed by atoms with Crippen LogP contribution in [0.4, 0.5) is 0 Å². The van der Waals surface area contributed by atoms with E-state index >= 15 is 0 Å². The molecule has 0 heterocycles. The van der Waals surface area contributed by atoms with Crippen molar-refractivity contribution in [3.63, 3.8) is 0 Å². The molecule has 0 bridgehead atoms. The molecular formula is C10H13NOS. The van der Waals surface area contributed by atoms with Crippen LogP contribution < -0.4 is 5.73 Å². The van der Waals surface area contributed by atoms with Crippen LogP contribution in [0.5, 0.6) is 0 Å². The Morgan fingerprint density at radius 1 is 1.46 bits per heavy atom. The molecule has 1 rings (SSSR count). The molecule has 0 saturated heterocycles. The van der Waals surface area contributed by atoms with Crippen LogP contribution in [0.25, 0.3) is 0 Å². The Kier molecular flexibility index (Phi) is 3.99. The molecule has 0 aliphatic heterocycles. The molecule has 0 aromatic heterocycles. The topological polar surface area (TPSA) is 43.1 Å². The van der Waals surface area contributed by atoms with E-state index < -0.39 is 0 Å². The number of hydrogen-bond acceptors (Lipinski definition) is 3. The summed E-state index contributed by atoms with van der Waals surface area (Å²) in [6.45, 7) is 1.52. The summed E-state index contributed by atoms with van der Waals surface area (Å²) in [7, 11) is 0. The van der Waals surface area contributed by atoms with Gasteiger partial charge in [0.15, 0.2) is 0 Å². The SMILES string of the molecule is CC(=O)C(N)CSc1ccccc1. The largest absolute Gasteiger partial charge is 0.321 e. The molecule has 1 unspecified atom stereocenters. The number of ketones is 1. The lowest BCUT2D eigenvalue weighted by Crippen LogP contribution is -2.30. The van der Waals surface area contributed by atoms with Crippen LogP contribution in [-0.4, -0.2) is 17.6 Å². The highest BCUT2D eigenvalue weighted by Crippen LogP contribution is 2.17. The van der Waals surface area contributed by atoms with E-state index in [1.54, 1.807) is 11.8 Å². The maximum absolute atomic E-state index is 10.8. The first-order valence-electron chi connectivity index (χ1n) is 4.14. The van der Waals surface area contributed by atoms with Gasteiger partial charge in [-0.15, -0.1) is 11.8 Å². The van der Waals surface area contributed by atoms with Crippen molar-refractivity contribution in [3.05, 3.63) is 30.3 Å².